The number of carbonyl (C=O) groups excluding carboxylic acids is 1. The van der Waals surface area contributed by atoms with Crippen LogP contribution >= 0.6 is 23.2 Å². The Morgan fingerprint density at radius 2 is 2.12 bits per heavy atom. The van der Waals surface area contributed by atoms with E-state index in [-0.39, 0.29) is 5.91 Å². The first-order valence-electron chi connectivity index (χ1n) is 5.40. The van der Waals surface area contributed by atoms with Crippen molar-refractivity contribution >= 4 is 29.1 Å². The minimum atomic E-state index is -0.139. The molecule has 1 fully saturated rings. The van der Waals surface area contributed by atoms with E-state index < -0.39 is 0 Å². The van der Waals surface area contributed by atoms with Crippen LogP contribution in [0.1, 0.15) is 29.6 Å². The summed E-state index contributed by atoms with van der Waals surface area (Å²) in [7, 11) is 0. The Labute approximate surface area is 105 Å². The van der Waals surface area contributed by atoms with Crippen molar-refractivity contribution in [2.45, 2.75) is 19.3 Å². The largest absolute Gasteiger partial charge is 0.352 e. The second-order valence-electron chi connectivity index (χ2n) is 4.13. The molecule has 0 bridgehead atoms. The topological polar surface area (TPSA) is 29.1 Å². The van der Waals surface area contributed by atoms with Crippen LogP contribution in [-0.4, -0.2) is 12.5 Å². The van der Waals surface area contributed by atoms with Gasteiger partial charge in [0.25, 0.3) is 5.91 Å². The van der Waals surface area contributed by atoms with Crippen molar-refractivity contribution in [3.05, 3.63) is 33.8 Å². The van der Waals surface area contributed by atoms with E-state index in [2.05, 4.69) is 5.32 Å². The lowest BCUT2D eigenvalue weighted by Gasteiger charge is -2.25. The van der Waals surface area contributed by atoms with Gasteiger partial charge in [-0.3, -0.25) is 4.79 Å². The Bertz CT molecular complexity index is 402. The van der Waals surface area contributed by atoms with Crippen LogP contribution < -0.4 is 5.32 Å². The van der Waals surface area contributed by atoms with E-state index in [1.165, 1.54) is 19.3 Å². The van der Waals surface area contributed by atoms with Crippen LogP contribution in [0.5, 0.6) is 0 Å². The molecule has 0 aromatic heterocycles. The molecule has 0 saturated heterocycles. The molecule has 2 rings (SSSR count). The van der Waals surface area contributed by atoms with Crippen LogP contribution in [0.3, 0.4) is 0 Å². The molecule has 1 aliphatic carbocycles. The van der Waals surface area contributed by atoms with Crippen molar-refractivity contribution in [2.24, 2.45) is 5.92 Å². The van der Waals surface area contributed by atoms with E-state index in [0.29, 0.717) is 21.5 Å². The predicted molar refractivity (Wildman–Crippen MR) is 66.1 cm³/mol. The highest BCUT2D eigenvalue weighted by Crippen LogP contribution is 2.25. The van der Waals surface area contributed by atoms with Gasteiger partial charge in [0.1, 0.15) is 0 Å². The molecule has 1 saturated carbocycles. The Morgan fingerprint density at radius 1 is 1.38 bits per heavy atom. The maximum atomic E-state index is 11.8. The lowest BCUT2D eigenvalue weighted by Crippen LogP contribution is -2.32. The number of hydrogen-bond donors (Lipinski definition) is 1. The highest BCUT2D eigenvalue weighted by Gasteiger charge is 2.19. The zero-order valence-electron chi connectivity index (χ0n) is 8.80. The van der Waals surface area contributed by atoms with Gasteiger partial charge < -0.3 is 5.32 Å². The van der Waals surface area contributed by atoms with Gasteiger partial charge >= 0.3 is 0 Å². The molecule has 0 heterocycles. The first kappa shape index (κ1) is 11.7. The fraction of sp³-hybridized carbons (Fsp3) is 0.417. The SMILES string of the molecule is O=C(NCC1CCC1)c1cc(Cl)ccc1Cl. The van der Waals surface area contributed by atoms with Gasteiger partial charge in [0.15, 0.2) is 0 Å². The van der Waals surface area contributed by atoms with Crippen molar-refractivity contribution in [3.63, 3.8) is 0 Å². The Hall–Kier alpha value is -0.730. The predicted octanol–water partition coefficient (Wildman–Crippen LogP) is 3.52. The average Bonchev–Trinajstić information content (AvgIpc) is 2.19. The molecule has 2 nitrogen and oxygen atoms in total. The number of hydrogen-bond acceptors (Lipinski definition) is 1. The molecule has 1 N–H and O–H groups in total. The summed E-state index contributed by atoms with van der Waals surface area (Å²) < 4.78 is 0. The Morgan fingerprint density at radius 3 is 2.75 bits per heavy atom. The fourth-order valence-corrected chi connectivity index (χ4v) is 2.08. The maximum Gasteiger partial charge on any atom is 0.252 e. The van der Waals surface area contributed by atoms with E-state index in [4.69, 9.17) is 23.2 Å². The molecule has 0 spiro atoms. The quantitative estimate of drug-likeness (QED) is 0.882. The summed E-state index contributed by atoms with van der Waals surface area (Å²) in [5, 5.41) is 3.85. The van der Waals surface area contributed by atoms with E-state index in [1.54, 1.807) is 18.2 Å². The third kappa shape index (κ3) is 2.69. The smallest absolute Gasteiger partial charge is 0.252 e. The number of nitrogens with one attached hydrogen (secondary N) is 1. The third-order valence-electron chi connectivity index (χ3n) is 2.95. The number of carbonyl (C=O) groups is 1. The van der Waals surface area contributed by atoms with Crippen molar-refractivity contribution in [1.82, 2.24) is 5.32 Å². The second kappa shape index (κ2) is 5.07. The fourth-order valence-electron chi connectivity index (χ4n) is 1.70. The van der Waals surface area contributed by atoms with Crippen LogP contribution in [0.2, 0.25) is 10.0 Å². The van der Waals surface area contributed by atoms with Gasteiger partial charge in [0.05, 0.1) is 10.6 Å². The van der Waals surface area contributed by atoms with Crippen LogP contribution in [0.4, 0.5) is 0 Å². The number of halogens is 2. The van der Waals surface area contributed by atoms with Gasteiger partial charge in [-0.25, -0.2) is 0 Å². The van der Waals surface area contributed by atoms with E-state index in [1.807, 2.05) is 0 Å². The monoisotopic (exact) mass is 257 g/mol. The van der Waals surface area contributed by atoms with Gasteiger partial charge in [0, 0.05) is 11.6 Å². The maximum absolute atomic E-state index is 11.8. The first-order valence-corrected chi connectivity index (χ1v) is 6.15. The molecule has 1 aromatic rings. The lowest BCUT2D eigenvalue weighted by atomic mass is 9.85. The van der Waals surface area contributed by atoms with Crippen LogP contribution in [0.25, 0.3) is 0 Å². The summed E-state index contributed by atoms with van der Waals surface area (Å²) in [5.74, 6) is 0.501. The van der Waals surface area contributed by atoms with Crippen LogP contribution in [0, 0.1) is 5.92 Å². The molecule has 0 aliphatic heterocycles. The van der Waals surface area contributed by atoms with Crippen LogP contribution in [-0.2, 0) is 0 Å². The van der Waals surface area contributed by atoms with Crippen molar-refractivity contribution in [1.29, 1.82) is 0 Å². The average molecular weight is 258 g/mol. The Balaban J connectivity index is 1.99. The molecule has 1 amide bonds. The van der Waals surface area contributed by atoms with E-state index in [9.17, 15) is 4.79 Å². The Kier molecular flexibility index (Phi) is 3.72. The number of amides is 1. The third-order valence-corrected chi connectivity index (χ3v) is 3.51. The van der Waals surface area contributed by atoms with Gasteiger partial charge in [-0.15, -0.1) is 0 Å². The van der Waals surface area contributed by atoms with Crippen molar-refractivity contribution in [2.75, 3.05) is 6.54 Å². The van der Waals surface area contributed by atoms with Gasteiger partial charge in [-0.05, 0) is 37.0 Å². The molecule has 0 radical (unpaired) electrons. The summed E-state index contributed by atoms with van der Waals surface area (Å²) >= 11 is 11.8. The second-order valence-corrected chi connectivity index (χ2v) is 4.97. The van der Waals surface area contributed by atoms with Crippen molar-refractivity contribution in [3.8, 4) is 0 Å². The molecule has 1 aromatic carbocycles. The zero-order chi connectivity index (χ0) is 11.5. The van der Waals surface area contributed by atoms with Gasteiger partial charge in [-0.1, -0.05) is 29.6 Å². The minimum Gasteiger partial charge on any atom is -0.352 e. The molecule has 86 valence electrons. The number of rotatable bonds is 3. The lowest BCUT2D eigenvalue weighted by molar-refractivity contribution is 0.0939. The molecule has 0 unspecified atom stereocenters. The molecular weight excluding hydrogens is 245 g/mol. The normalized spacial score (nSPS) is 15.6. The zero-order valence-corrected chi connectivity index (χ0v) is 10.3. The highest BCUT2D eigenvalue weighted by atomic mass is 35.5. The minimum absolute atomic E-state index is 0.139. The summed E-state index contributed by atoms with van der Waals surface area (Å²) in [4.78, 5) is 11.8. The van der Waals surface area contributed by atoms with E-state index in [0.717, 1.165) is 6.54 Å². The summed E-state index contributed by atoms with van der Waals surface area (Å²) in [6, 6.07) is 4.91. The highest BCUT2D eigenvalue weighted by molar-refractivity contribution is 6.35. The first-order chi connectivity index (χ1) is 7.66. The molecule has 1 aliphatic rings. The molecule has 0 atom stereocenters. The van der Waals surface area contributed by atoms with Crippen LogP contribution in [0.15, 0.2) is 18.2 Å². The summed E-state index contributed by atoms with van der Waals surface area (Å²) in [6.45, 7) is 0.738. The molecular formula is C12H13Cl2NO. The van der Waals surface area contributed by atoms with Gasteiger partial charge in [-0.2, -0.15) is 0 Å². The van der Waals surface area contributed by atoms with E-state index >= 15 is 0 Å². The molecule has 16 heavy (non-hydrogen) atoms. The van der Waals surface area contributed by atoms with Gasteiger partial charge in [0.2, 0.25) is 0 Å². The summed E-state index contributed by atoms with van der Waals surface area (Å²) in [5.41, 5.74) is 0.452. The molecule has 4 heteroatoms. The van der Waals surface area contributed by atoms with Crippen molar-refractivity contribution < 1.29 is 4.79 Å². The summed E-state index contributed by atoms with van der Waals surface area (Å²) in [6.07, 6.45) is 3.70. The standard InChI is InChI=1S/C12H13Cl2NO/c13-9-4-5-11(14)10(6-9)12(16)15-7-8-2-1-3-8/h4-6,8H,1-3,7H2,(H,15,16). The number of benzene rings is 1.